The lowest BCUT2D eigenvalue weighted by Gasteiger charge is -2.36. The summed E-state index contributed by atoms with van der Waals surface area (Å²) in [6.07, 6.45) is 0.505. The minimum Gasteiger partial charge on any atom is -0.378 e. The molecule has 0 aromatic heterocycles. The molecule has 0 unspecified atom stereocenters. The second kappa shape index (κ2) is 10.0. The van der Waals surface area contributed by atoms with Gasteiger partial charge in [0, 0.05) is 38.8 Å². The number of rotatable bonds is 5. The maximum Gasteiger partial charge on any atom is 0.311 e. The Kier molecular flexibility index (Phi) is 8.04. The lowest BCUT2D eigenvalue weighted by molar-refractivity contribution is -0.149. The Morgan fingerprint density at radius 3 is 2.33 bits per heavy atom. The molecule has 2 aliphatic rings. The minimum atomic E-state index is -0.688. The molecule has 154 valence electrons. The van der Waals surface area contributed by atoms with Gasteiger partial charge in [-0.3, -0.25) is 14.4 Å². The predicted molar refractivity (Wildman–Crippen MR) is 102 cm³/mol. The smallest absolute Gasteiger partial charge is 0.311 e. The Morgan fingerprint density at radius 1 is 1.07 bits per heavy atom. The van der Waals surface area contributed by atoms with E-state index in [-0.39, 0.29) is 17.9 Å². The van der Waals surface area contributed by atoms with Gasteiger partial charge in [0.15, 0.2) is 0 Å². The lowest BCUT2D eigenvalue weighted by Crippen LogP contribution is -2.59. The molecular formula is C19H34N4O4. The van der Waals surface area contributed by atoms with Crippen molar-refractivity contribution in [3.8, 4) is 0 Å². The molecule has 0 aromatic carbocycles. The van der Waals surface area contributed by atoms with Crippen molar-refractivity contribution in [2.75, 3.05) is 45.9 Å². The molecule has 2 rings (SSSR count). The van der Waals surface area contributed by atoms with E-state index in [1.54, 1.807) is 9.80 Å². The van der Waals surface area contributed by atoms with Crippen molar-refractivity contribution in [2.24, 2.45) is 11.8 Å². The van der Waals surface area contributed by atoms with Gasteiger partial charge in [-0.15, -0.1) is 0 Å². The molecule has 0 radical (unpaired) electrons. The van der Waals surface area contributed by atoms with Gasteiger partial charge in [0.25, 0.3) is 0 Å². The van der Waals surface area contributed by atoms with Crippen LogP contribution in [-0.2, 0) is 19.1 Å². The van der Waals surface area contributed by atoms with Gasteiger partial charge < -0.3 is 25.2 Å². The molecule has 8 nitrogen and oxygen atoms in total. The molecule has 3 amide bonds. The predicted octanol–water partition coefficient (Wildman–Crippen LogP) is -0.167. The zero-order valence-electron chi connectivity index (χ0n) is 17.0. The standard InChI is InChI=1S/C19H34N4O4/c1-13(2)11-15(18(25)22-7-9-27-10-8-22)21-17(24)19(26)23-6-5-20-16(12-23)14(3)4/h13-16,20H,5-12H2,1-4H3,(H,21,24)/t15-,16+/m0/s1. The first-order valence-corrected chi connectivity index (χ1v) is 9.99. The summed E-state index contributed by atoms with van der Waals surface area (Å²) >= 11 is 0. The molecule has 2 heterocycles. The van der Waals surface area contributed by atoms with E-state index in [1.807, 2.05) is 13.8 Å². The van der Waals surface area contributed by atoms with Crippen LogP contribution in [0.4, 0.5) is 0 Å². The fourth-order valence-corrected chi connectivity index (χ4v) is 3.47. The summed E-state index contributed by atoms with van der Waals surface area (Å²) in [5, 5.41) is 6.08. The second-order valence-electron chi connectivity index (χ2n) is 8.15. The third kappa shape index (κ3) is 6.17. The summed E-state index contributed by atoms with van der Waals surface area (Å²) in [6, 6.07) is -0.500. The minimum absolute atomic E-state index is 0.131. The second-order valence-corrected chi connectivity index (χ2v) is 8.15. The number of amides is 3. The quantitative estimate of drug-likeness (QED) is 0.645. The van der Waals surface area contributed by atoms with Crippen LogP contribution in [0.5, 0.6) is 0 Å². The number of piperazine rings is 1. The summed E-state index contributed by atoms with van der Waals surface area (Å²) in [5.41, 5.74) is 0. The molecular weight excluding hydrogens is 348 g/mol. The lowest BCUT2D eigenvalue weighted by atomic mass is 10.0. The van der Waals surface area contributed by atoms with Crippen LogP contribution >= 0.6 is 0 Å². The number of hydrogen-bond donors (Lipinski definition) is 2. The Bertz CT molecular complexity index is 532. The Balaban J connectivity index is 1.99. The number of nitrogens with zero attached hydrogens (tertiary/aromatic N) is 2. The molecule has 2 saturated heterocycles. The molecule has 0 saturated carbocycles. The van der Waals surface area contributed by atoms with Gasteiger partial charge in [-0.1, -0.05) is 27.7 Å². The SMILES string of the molecule is CC(C)C[C@H](NC(=O)C(=O)N1CCN[C@@H](C(C)C)C1)C(=O)N1CCOCC1. The van der Waals surface area contributed by atoms with Crippen molar-refractivity contribution in [2.45, 2.75) is 46.2 Å². The Labute approximate surface area is 162 Å². The van der Waals surface area contributed by atoms with Crippen LogP contribution in [0.25, 0.3) is 0 Å². The van der Waals surface area contributed by atoms with E-state index in [0.29, 0.717) is 58.3 Å². The summed E-state index contributed by atoms with van der Waals surface area (Å²) in [5.74, 6) is -0.772. The molecule has 27 heavy (non-hydrogen) atoms. The van der Waals surface area contributed by atoms with Gasteiger partial charge >= 0.3 is 11.8 Å². The average Bonchev–Trinajstić information content (AvgIpc) is 2.66. The van der Waals surface area contributed by atoms with Crippen LogP contribution in [0.15, 0.2) is 0 Å². The Hall–Kier alpha value is -1.67. The van der Waals surface area contributed by atoms with Crippen molar-refractivity contribution in [1.29, 1.82) is 0 Å². The first kappa shape index (κ1) is 21.6. The molecule has 8 heteroatoms. The fourth-order valence-electron chi connectivity index (χ4n) is 3.47. The zero-order valence-corrected chi connectivity index (χ0v) is 17.0. The highest BCUT2D eigenvalue weighted by atomic mass is 16.5. The summed E-state index contributed by atoms with van der Waals surface area (Å²) in [4.78, 5) is 41.3. The fraction of sp³-hybridized carbons (Fsp3) is 0.842. The van der Waals surface area contributed by atoms with Crippen LogP contribution in [0.1, 0.15) is 34.1 Å². The number of carbonyl (C=O) groups excluding carboxylic acids is 3. The highest BCUT2D eigenvalue weighted by Crippen LogP contribution is 2.11. The van der Waals surface area contributed by atoms with E-state index in [0.717, 1.165) is 0 Å². The van der Waals surface area contributed by atoms with E-state index in [9.17, 15) is 14.4 Å². The van der Waals surface area contributed by atoms with Crippen LogP contribution < -0.4 is 10.6 Å². The molecule has 0 bridgehead atoms. The zero-order chi connectivity index (χ0) is 20.0. The van der Waals surface area contributed by atoms with Crippen LogP contribution in [0.3, 0.4) is 0 Å². The third-order valence-electron chi connectivity index (χ3n) is 5.12. The van der Waals surface area contributed by atoms with Gasteiger partial charge in [-0.05, 0) is 18.3 Å². The molecule has 2 fully saturated rings. The number of hydrogen-bond acceptors (Lipinski definition) is 5. The maximum absolute atomic E-state index is 12.8. The maximum atomic E-state index is 12.8. The number of nitrogens with one attached hydrogen (secondary N) is 2. The van der Waals surface area contributed by atoms with E-state index >= 15 is 0 Å². The van der Waals surface area contributed by atoms with Gasteiger partial charge in [-0.2, -0.15) is 0 Å². The summed E-state index contributed by atoms with van der Waals surface area (Å²) < 4.78 is 5.29. The first-order valence-electron chi connectivity index (χ1n) is 9.99. The van der Waals surface area contributed by atoms with Gasteiger partial charge in [0.2, 0.25) is 5.91 Å². The van der Waals surface area contributed by atoms with Gasteiger partial charge in [0.05, 0.1) is 13.2 Å². The highest BCUT2D eigenvalue weighted by Gasteiger charge is 2.33. The van der Waals surface area contributed by atoms with Crippen molar-refractivity contribution < 1.29 is 19.1 Å². The van der Waals surface area contributed by atoms with Crippen LogP contribution in [0.2, 0.25) is 0 Å². The van der Waals surface area contributed by atoms with Crippen molar-refractivity contribution in [3.05, 3.63) is 0 Å². The third-order valence-corrected chi connectivity index (χ3v) is 5.12. The van der Waals surface area contributed by atoms with Gasteiger partial charge in [0.1, 0.15) is 6.04 Å². The molecule has 0 spiro atoms. The average molecular weight is 383 g/mol. The molecule has 0 aliphatic carbocycles. The van der Waals surface area contributed by atoms with Crippen LogP contribution in [-0.4, -0.2) is 85.5 Å². The molecule has 2 N–H and O–H groups in total. The number of morpholine rings is 1. The van der Waals surface area contributed by atoms with E-state index < -0.39 is 17.9 Å². The largest absolute Gasteiger partial charge is 0.378 e. The summed E-state index contributed by atoms with van der Waals surface area (Å²) in [7, 11) is 0. The Morgan fingerprint density at radius 2 is 1.74 bits per heavy atom. The van der Waals surface area contributed by atoms with Crippen molar-refractivity contribution >= 4 is 17.7 Å². The number of ether oxygens (including phenoxy) is 1. The molecule has 2 aliphatic heterocycles. The monoisotopic (exact) mass is 382 g/mol. The number of carbonyl (C=O) groups is 3. The molecule has 0 aromatic rings. The van der Waals surface area contributed by atoms with Crippen molar-refractivity contribution in [1.82, 2.24) is 20.4 Å². The highest BCUT2D eigenvalue weighted by molar-refractivity contribution is 6.35. The van der Waals surface area contributed by atoms with Gasteiger partial charge in [-0.25, -0.2) is 0 Å². The van der Waals surface area contributed by atoms with E-state index in [4.69, 9.17) is 4.74 Å². The first-order chi connectivity index (χ1) is 12.8. The summed E-state index contributed by atoms with van der Waals surface area (Å²) in [6.45, 7) is 11.9. The van der Waals surface area contributed by atoms with E-state index in [1.165, 1.54) is 0 Å². The van der Waals surface area contributed by atoms with Crippen LogP contribution in [0, 0.1) is 11.8 Å². The topological polar surface area (TPSA) is 91.0 Å². The van der Waals surface area contributed by atoms with Crippen molar-refractivity contribution in [3.63, 3.8) is 0 Å². The van der Waals surface area contributed by atoms with E-state index in [2.05, 4.69) is 24.5 Å². The molecule has 2 atom stereocenters. The normalized spacial score (nSPS) is 22.1.